The van der Waals surface area contributed by atoms with E-state index in [-0.39, 0.29) is 11.5 Å². The van der Waals surface area contributed by atoms with Gasteiger partial charge in [-0.3, -0.25) is 9.69 Å². The number of fused-ring (bicyclic) bond motifs is 2. The van der Waals surface area contributed by atoms with Crippen molar-refractivity contribution in [2.45, 2.75) is 25.9 Å². The van der Waals surface area contributed by atoms with Gasteiger partial charge in [-0.15, -0.1) is 0 Å². The van der Waals surface area contributed by atoms with Crippen LogP contribution in [0.4, 0.5) is 0 Å². The van der Waals surface area contributed by atoms with Gasteiger partial charge < -0.3 is 4.74 Å². The summed E-state index contributed by atoms with van der Waals surface area (Å²) < 4.78 is 6.02. The number of ether oxygens (including phenoxy) is 1. The van der Waals surface area contributed by atoms with Crippen LogP contribution in [0.2, 0.25) is 0 Å². The number of carbonyl (C=O) groups excluding carboxylic acids is 1. The van der Waals surface area contributed by atoms with E-state index in [9.17, 15) is 4.79 Å². The van der Waals surface area contributed by atoms with Crippen molar-refractivity contribution in [3.63, 3.8) is 0 Å². The SMILES string of the molecule is Cc1cccc(OC2CN3CCC([C]=O)(C2)C3)c1. The highest BCUT2D eigenvalue weighted by molar-refractivity contribution is 5.62. The third-order valence-electron chi connectivity index (χ3n) is 4.02. The van der Waals surface area contributed by atoms with E-state index in [0.717, 1.165) is 38.2 Å². The maximum atomic E-state index is 11.2. The highest BCUT2D eigenvalue weighted by Gasteiger charge is 2.46. The van der Waals surface area contributed by atoms with Crippen LogP contribution < -0.4 is 4.74 Å². The molecule has 0 N–H and O–H groups in total. The first-order chi connectivity index (χ1) is 8.69. The zero-order valence-corrected chi connectivity index (χ0v) is 10.7. The highest BCUT2D eigenvalue weighted by atomic mass is 16.5. The summed E-state index contributed by atoms with van der Waals surface area (Å²) >= 11 is 0. The smallest absolute Gasteiger partial charge is 0.206 e. The van der Waals surface area contributed by atoms with Gasteiger partial charge >= 0.3 is 0 Å². The monoisotopic (exact) mass is 244 g/mol. The molecule has 0 aliphatic carbocycles. The molecule has 95 valence electrons. The number of aryl methyl sites for hydroxylation is 1. The van der Waals surface area contributed by atoms with Gasteiger partial charge in [-0.1, -0.05) is 12.1 Å². The molecule has 2 fully saturated rings. The Morgan fingerprint density at radius 2 is 2.39 bits per heavy atom. The number of nitrogens with zero attached hydrogens (tertiary/aromatic N) is 1. The number of rotatable bonds is 3. The fourth-order valence-electron chi connectivity index (χ4n) is 3.15. The Morgan fingerprint density at radius 3 is 3.17 bits per heavy atom. The van der Waals surface area contributed by atoms with Gasteiger partial charge in [0.05, 0.1) is 5.41 Å². The molecule has 3 unspecified atom stereocenters. The Hall–Kier alpha value is -1.35. The molecule has 0 aromatic heterocycles. The largest absolute Gasteiger partial charge is 0.489 e. The van der Waals surface area contributed by atoms with E-state index < -0.39 is 0 Å². The molecule has 1 radical (unpaired) electrons. The van der Waals surface area contributed by atoms with E-state index in [0.29, 0.717) is 0 Å². The topological polar surface area (TPSA) is 29.5 Å². The van der Waals surface area contributed by atoms with E-state index in [4.69, 9.17) is 4.74 Å². The lowest BCUT2D eigenvalue weighted by Gasteiger charge is -2.34. The maximum absolute atomic E-state index is 11.2. The highest BCUT2D eigenvalue weighted by Crippen LogP contribution is 2.38. The third-order valence-corrected chi connectivity index (χ3v) is 4.02. The Kier molecular flexibility index (Phi) is 2.86. The molecule has 0 saturated carbocycles. The molecule has 2 aliphatic heterocycles. The molecule has 2 aliphatic rings. The molecule has 2 saturated heterocycles. The van der Waals surface area contributed by atoms with Crippen LogP contribution in [0.25, 0.3) is 0 Å². The van der Waals surface area contributed by atoms with Crippen molar-refractivity contribution >= 4 is 6.29 Å². The second-order valence-corrected chi connectivity index (χ2v) is 5.63. The van der Waals surface area contributed by atoms with Crippen LogP contribution in [0.15, 0.2) is 24.3 Å². The molecule has 3 heteroatoms. The van der Waals surface area contributed by atoms with Crippen molar-refractivity contribution in [3.05, 3.63) is 29.8 Å². The van der Waals surface area contributed by atoms with Crippen molar-refractivity contribution in [3.8, 4) is 5.75 Å². The van der Waals surface area contributed by atoms with Gasteiger partial charge in [-0.25, -0.2) is 0 Å². The van der Waals surface area contributed by atoms with Gasteiger partial charge in [0, 0.05) is 13.1 Å². The van der Waals surface area contributed by atoms with Crippen LogP contribution in [0.3, 0.4) is 0 Å². The summed E-state index contributed by atoms with van der Waals surface area (Å²) in [5.41, 5.74) is 0.926. The van der Waals surface area contributed by atoms with Crippen molar-refractivity contribution < 1.29 is 9.53 Å². The van der Waals surface area contributed by atoms with Gasteiger partial charge in [-0.2, -0.15) is 0 Å². The summed E-state index contributed by atoms with van der Waals surface area (Å²) in [4.78, 5) is 13.5. The van der Waals surface area contributed by atoms with Crippen molar-refractivity contribution in [2.24, 2.45) is 5.41 Å². The van der Waals surface area contributed by atoms with E-state index in [1.807, 2.05) is 18.2 Å². The minimum atomic E-state index is -0.271. The summed E-state index contributed by atoms with van der Waals surface area (Å²) in [7, 11) is 0. The van der Waals surface area contributed by atoms with Crippen LogP contribution in [0.1, 0.15) is 18.4 Å². The average Bonchev–Trinajstić information content (AvgIpc) is 2.66. The fourth-order valence-corrected chi connectivity index (χ4v) is 3.15. The average molecular weight is 244 g/mol. The first-order valence-corrected chi connectivity index (χ1v) is 6.54. The first kappa shape index (κ1) is 11.7. The van der Waals surface area contributed by atoms with Crippen molar-refractivity contribution in [1.82, 2.24) is 4.90 Å². The van der Waals surface area contributed by atoms with Gasteiger partial charge in [0.2, 0.25) is 6.29 Å². The maximum Gasteiger partial charge on any atom is 0.206 e. The second kappa shape index (κ2) is 4.39. The Labute approximate surface area is 108 Å². The van der Waals surface area contributed by atoms with Crippen molar-refractivity contribution in [1.29, 1.82) is 0 Å². The summed E-state index contributed by atoms with van der Waals surface area (Å²) in [5, 5.41) is 0. The lowest BCUT2D eigenvalue weighted by atomic mass is 9.81. The Bertz CT molecular complexity index is 460. The molecular formula is C15H18NO2. The van der Waals surface area contributed by atoms with E-state index in [2.05, 4.69) is 24.2 Å². The Balaban J connectivity index is 1.73. The minimum Gasteiger partial charge on any atom is -0.489 e. The van der Waals surface area contributed by atoms with E-state index in [1.165, 1.54) is 5.56 Å². The molecule has 1 aromatic carbocycles. The lowest BCUT2D eigenvalue weighted by Crippen LogP contribution is -2.45. The molecule has 0 amide bonds. The zero-order valence-electron chi connectivity index (χ0n) is 10.7. The van der Waals surface area contributed by atoms with Gasteiger partial charge in [-0.05, 0) is 44.0 Å². The van der Waals surface area contributed by atoms with Gasteiger partial charge in [0.1, 0.15) is 11.9 Å². The number of hydrogen-bond donors (Lipinski definition) is 0. The molecule has 3 nitrogen and oxygen atoms in total. The molecule has 1 aromatic rings. The van der Waals surface area contributed by atoms with Gasteiger partial charge in [0.15, 0.2) is 0 Å². The quantitative estimate of drug-likeness (QED) is 0.814. The zero-order chi connectivity index (χ0) is 12.6. The molecule has 0 spiro atoms. The summed E-state index contributed by atoms with van der Waals surface area (Å²) in [6, 6.07) is 8.09. The summed E-state index contributed by atoms with van der Waals surface area (Å²) in [6.45, 7) is 4.85. The fraction of sp³-hybridized carbons (Fsp3) is 0.533. The molecule has 3 rings (SSSR count). The molecule has 18 heavy (non-hydrogen) atoms. The predicted molar refractivity (Wildman–Crippen MR) is 69.4 cm³/mol. The first-order valence-electron chi connectivity index (χ1n) is 6.54. The van der Waals surface area contributed by atoms with Crippen LogP contribution in [-0.4, -0.2) is 36.9 Å². The number of benzene rings is 1. The normalized spacial score (nSPS) is 34.3. The Morgan fingerprint density at radius 1 is 1.50 bits per heavy atom. The summed E-state index contributed by atoms with van der Waals surface area (Å²) in [6.07, 6.45) is 4.12. The van der Waals surface area contributed by atoms with E-state index >= 15 is 0 Å². The summed E-state index contributed by atoms with van der Waals surface area (Å²) in [5.74, 6) is 0.906. The minimum absolute atomic E-state index is 0.115. The predicted octanol–water partition coefficient (Wildman–Crippen LogP) is 1.95. The molecule has 3 atom stereocenters. The van der Waals surface area contributed by atoms with Crippen LogP contribution >= 0.6 is 0 Å². The standard InChI is InChI=1S/C15H18NO2/c1-12-3-2-4-13(7-12)18-14-8-15(11-17)5-6-16(9-14)10-15/h2-4,7,14H,5-6,8-10H2,1H3. The van der Waals surface area contributed by atoms with Crippen LogP contribution in [-0.2, 0) is 4.79 Å². The number of piperidine rings is 1. The third kappa shape index (κ3) is 2.15. The van der Waals surface area contributed by atoms with Crippen LogP contribution in [0.5, 0.6) is 5.75 Å². The molecule has 2 bridgehead atoms. The van der Waals surface area contributed by atoms with Crippen molar-refractivity contribution in [2.75, 3.05) is 19.6 Å². The number of hydrogen-bond acceptors (Lipinski definition) is 3. The second-order valence-electron chi connectivity index (χ2n) is 5.63. The van der Waals surface area contributed by atoms with Gasteiger partial charge in [0.25, 0.3) is 0 Å². The lowest BCUT2D eigenvalue weighted by molar-refractivity contribution is 0.0801. The molecular weight excluding hydrogens is 226 g/mol. The van der Waals surface area contributed by atoms with Crippen LogP contribution in [0, 0.1) is 12.3 Å². The molecule has 2 heterocycles. The van der Waals surface area contributed by atoms with E-state index in [1.54, 1.807) is 0 Å².